The summed E-state index contributed by atoms with van der Waals surface area (Å²) in [6.45, 7) is 1.83. The number of benzene rings is 1. The Bertz CT molecular complexity index is 699. The van der Waals surface area contributed by atoms with Gasteiger partial charge < -0.3 is 5.11 Å². The molecule has 1 aromatic carbocycles. The number of Topliss-reactive ketones (excluding diaryl/α,β-unsaturated/α-hetero) is 1. The van der Waals surface area contributed by atoms with Crippen molar-refractivity contribution in [1.29, 1.82) is 0 Å². The first-order valence-corrected chi connectivity index (χ1v) is 6.99. The minimum atomic E-state index is -3.58. The molecule has 5 nitrogen and oxygen atoms in total. The number of hydrogen-bond acceptors (Lipinski definition) is 4. The fourth-order valence-corrected chi connectivity index (χ4v) is 2.01. The van der Waals surface area contributed by atoms with Gasteiger partial charge in [0.15, 0.2) is 5.78 Å². The first kappa shape index (κ1) is 12.5. The minimum Gasteiger partial charge on any atom is -0.506 e. The Kier molecular flexibility index (Phi) is 2.82. The summed E-state index contributed by atoms with van der Waals surface area (Å²) in [5.41, 5.74) is 1.57. The van der Waals surface area contributed by atoms with Gasteiger partial charge in [-0.3, -0.25) is 4.79 Å². The van der Waals surface area contributed by atoms with Crippen LogP contribution >= 0.6 is 0 Å². The predicted molar refractivity (Wildman–Crippen MR) is 68.4 cm³/mol. The molecule has 0 aromatic heterocycles. The van der Waals surface area contributed by atoms with Gasteiger partial charge in [0.25, 0.3) is 0 Å². The molecule has 0 radical (unpaired) electrons. The largest absolute Gasteiger partial charge is 0.506 e. The molecule has 0 saturated carbocycles. The molecule has 18 heavy (non-hydrogen) atoms. The molecule has 0 bridgehead atoms. The molecule has 0 heterocycles. The normalized spacial score (nSPS) is 15.6. The highest BCUT2D eigenvalue weighted by Gasteiger charge is 2.28. The zero-order valence-corrected chi connectivity index (χ0v) is 10.7. The van der Waals surface area contributed by atoms with Crippen LogP contribution in [0.5, 0.6) is 0 Å². The highest BCUT2D eigenvalue weighted by atomic mass is 32.2. The summed E-state index contributed by atoms with van der Waals surface area (Å²) >= 11 is 0. The molecule has 1 aliphatic carbocycles. The van der Waals surface area contributed by atoms with Crippen molar-refractivity contribution >= 4 is 27.8 Å². The number of aliphatic hydroxyl groups is 1. The Morgan fingerprint density at radius 3 is 2.56 bits per heavy atom. The maximum atomic E-state index is 11.9. The van der Waals surface area contributed by atoms with E-state index in [0.29, 0.717) is 11.1 Å². The summed E-state index contributed by atoms with van der Waals surface area (Å²) < 4.78 is 25.1. The summed E-state index contributed by atoms with van der Waals surface area (Å²) in [6.07, 6.45) is 1.81. The third kappa shape index (κ3) is 2.19. The van der Waals surface area contributed by atoms with Crippen molar-refractivity contribution in [3.8, 4) is 0 Å². The van der Waals surface area contributed by atoms with E-state index in [1.807, 2.05) is 6.92 Å². The number of aliphatic hydroxyl groups excluding tert-OH is 1. The lowest BCUT2D eigenvalue weighted by Gasteiger charge is -1.99. The second kappa shape index (κ2) is 4.06. The Morgan fingerprint density at radius 2 is 1.94 bits per heavy atom. The topological polar surface area (TPSA) is 83.8 Å². The summed E-state index contributed by atoms with van der Waals surface area (Å²) in [6, 6.07) is 5.02. The number of allylic oxidation sites excluding steroid dienone is 1. The average Bonchev–Trinajstić information content (AvgIpc) is 2.48. The number of sulfonamides is 1. The summed E-state index contributed by atoms with van der Waals surface area (Å²) in [7, 11) is -3.58. The quantitative estimate of drug-likeness (QED) is 0.821. The lowest BCUT2D eigenvalue weighted by molar-refractivity contribution is 0.104. The number of hydrogen-bond donors (Lipinski definition) is 1. The number of fused-ring (bicyclic) bond motifs is 1. The number of rotatable bonds is 2. The Labute approximate surface area is 105 Å². The molecule has 6 heteroatoms. The molecule has 0 amide bonds. The van der Waals surface area contributed by atoms with Crippen LogP contribution in [0.3, 0.4) is 0 Å². The van der Waals surface area contributed by atoms with Crippen molar-refractivity contribution in [2.45, 2.75) is 6.92 Å². The van der Waals surface area contributed by atoms with Crippen LogP contribution in [0.1, 0.15) is 21.5 Å². The average molecular weight is 265 g/mol. The lowest BCUT2D eigenvalue weighted by Crippen LogP contribution is -2.01. The monoisotopic (exact) mass is 265 g/mol. The molecule has 0 atom stereocenters. The van der Waals surface area contributed by atoms with E-state index >= 15 is 0 Å². The first-order chi connectivity index (χ1) is 8.29. The predicted octanol–water partition coefficient (Wildman–Crippen LogP) is 1.49. The van der Waals surface area contributed by atoms with Crippen LogP contribution in [0.15, 0.2) is 28.2 Å². The van der Waals surface area contributed by atoms with Crippen LogP contribution in [0, 0.1) is 6.92 Å². The molecule has 0 aliphatic heterocycles. The third-order valence-electron chi connectivity index (χ3n) is 2.55. The third-order valence-corrected chi connectivity index (χ3v) is 3.04. The van der Waals surface area contributed by atoms with E-state index in [2.05, 4.69) is 4.40 Å². The van der Waals surface area contributed by atoms with Gasteiger partial charge in [0, 0.05) is 11.1 Å². The molecule has 1 aromatic rings. The van der Waals surface area contributed by atoms with E-state index in [1.54, 1.807) is 18.2 Å². The Balaban J connectivity index is 2.53. The van der Waals surface area contributed by atoms with E-state index < -0.39 is 15.8 Å². The van der Waals surface area contributed by atoms with Crippen molar-refractivity contribution in [2.24, 2.45) is 4.40 Å². The second-order valence-electron chi connectivity index (χ2n) is 4.11. The second-order valence-corrected chi connectivity index (χ2v) is 5.78. The van der Waals surface area contributed by atoms with E-state index in [0.717, 1.165) is 18.0 Å². The summed E-state index contributed by atoms with van der Waals surface area (Å²) in [4.78, 5) is 11.9. The van der Waals surface area contributed by atoms with E-state index in [1.165, 1.54) is 0 Å². The fraction of sp³-hybridized carbons (Fsp3) is 0.167. The van der Waals surface area contributed by atoms with Crippen LogP contribution in [0.25, 0.3) is 5.76 Å². The van der Waals surface area contributed by atoms with Crippen molar-refractivity contribution in [3.05, 3.63) is 40.5 Å². The van der Waals surface area contributed by atoms with E-state index in [-0.39, 0.29) is 11.3 Å². The lowest BCUT2D eigenvalue weighted by atomic mass is 10.1. The number of carbonyl (C=O) groups excluding carboxylic acids is 1. The van der Waals surface area contributed by atoms with Gasteiger partial charge in [-0.1, -0.05) is 17.7 Å². The van der Waals surface area contributed by atoms with Crippen molar-refractivity contribution in [2.75, 3.05) is 6.26 Å². The number of nitrogens with zero attached hydrogens (tertiary/aromatic N) is 1. The fourth-order valence-electron chi connectivity index (χ4n) is 1.72. The smallest absolute Gasteiger partial charge is 0.250 e. The van der Waals surface area contributed by atoms with Gasteiger partial charge in [0.05, 0.1) is 18.0 Å². The summed E-state index contributed by atoms with van der Waals surface area (Å²) in [5.74, 6) is -0.652. The van der Waals surface area contributed by atoms with E-state index in [9.17, 15) is 18.3 Å². The Morgan fingerprint density at radius 1 is 1.28 bits per heavy atom. The first-order valence-electron chi connectivity index (χ1n) is 5.14. The molecule has 94 valence electrons. The van der Waals surface area contributed by atoms with Gasteiger partial charge in [-0.05, 0) is 13.0 Å². The number of carbonyl (C=O) groups is 1. The van der Waals surface area contributed by atoms with Crippen LogP contribution in [-0.4, -0.2) is 31.8 Å². The van der Waals surface area contributed by atoms with Gasteiger partial charge in [-0.15, -0.1) is 0 Å². The summed E-state index contributed by atoms with van der Waals surface area (Å²) in [5, 5.41) is 9.91. The molecule has 1 N–H and O–H groups in total. The Hall–Kier alpha value is -1.95. The number of ketones is 1. The van der Waals surface area contributed by atoms with Crippen molar-refractivity contribution in [1.82, 2.24) is 0 Å². The SMILES string of the molecule is Cc1ccc2c(c1)C(O)=C(/C=N/S(C)(=O)=O)C2=O. The molecule has 2 rings (SSSR count). The van der Waals surface area contributed by atoms with Crippen molar-refractivity contribution < 1.29 is 18.3 Å². The zero-order valence-electron chi connectivity index (χ0n) is 9.84. The maximum Gasteiger partial charge on any atom is 0.250 e. The van der Waals surface area contributed by atoms with Gasteiger partial charge in [-0.2, -0.15) is 4.40 Å². The molecular weight excluding hydrogens is 254 g/mol. The van der Waals surface area contributed by atoms with Crippen LogP contribution < -0.4 is 0 Å². The maximum absolute atomic E-state index is 11.9. The van der Waals surface area contributed by atoms with E-state index in [4.69, 9.17) is 0 Å². The van der Waals surface area contributed by atoms with Gasteiger partial charge in [0.1, 0.15) is 5.76 Å². The standard InChI is InChI=1S/C12H11NO4S/c1-7-3-4-8-9(5-7)12(15)10(11(8)14)6-13-18(2,16)17/h3-6,15H,1-2H3/b13-6+. The number of aryl methyl sites for hydroxylation is 1. The highest BCUT2D eigenvalue weighted by molar-refractivity contribution is 7.89. The van der Waals surface area contributed by atoms with Crippen LogP contribution in [0.4, 0.5) is 0 Å². The molecule has 1 aliphatic rings. The minimum absolute atomic E-state index is 0.0963. The van der Waals surface area contributed by atoms with Crippen molar-refractivity contribution in [3.63, 3.8) is 0 Å². The van der Waals surface area contributed by atoms with Gasteiger partial charge in [-0.25, -0.2) is 8.42 Å². The van der Waals surface area contributed by atoms with Crippen LogP contribution in [0.2, 0.25) is 0 Å². The molecule has 0 fully saturated rings. The highest BCUT2D eigenvalue weighted by Crippen LogP contribution is 2.30. The van der Waals surface area contributed by atoms with Gasteiger partial charge >= 0.3 is 0 Å². The molecular formula is C12H11NO4S. The van der Waals surface area contributed by atoms with Gasteiger partial charge in [0.2, 0.25) is 10.0 Å². The van der Waals surface area contributed by atoms with Crippen LogP contribution in [-0.2, 0) is 10.0 Å². The molecule has 0 saturated heterocycles. The molecule has 0 unspecified atom stereocenters. The zero-order chi connectivity index (χ0) is 13.5. The molecule has 0 spiro atoms.